The average Bonchev–Trinajstić information content (AvgIpc) is 2.39. The molecule has 2 rings (SSSR count). The van der Waals surface area contributed by atoms with Crippen molar-refractivity contribution < 1.29 is 0 Å². The highest BCUT2D eigenvalue weighted by Gasteiger charge is 2.05. The zero-order valence-corrected chi connectivity index (χ0v) is 10.9. The van der Waals surface area contributed by atoms with Crippen LogP contribution in [0.3, 0.4) is 0 Å². The number of halogens is 1. The molecule has 3 nitrogen and oxygen atoms in total. The van der Waals surface area contributed by atoms with Crippen LogP contribution in [0.1, 0.15) is 0 Å². The van der Waals surface area contributed by atoms with E-state index in [1.54, 1.807) is 0 Å². The summed E-state index contributed by atoms with van der Waals surface area (Å²) >= 11 is 7.53. The lowest BCUT2D eigenvalue weighted by Gasteiger charge is -2.14. The van der Waals surface area contributed by atoms with Crippen LogP contribution in [-0.2, 0) is 0 Å². The van der Waals surface area contributed by atoms with E-state index in [4.69, 9.17) is 12.2 Å². The molecule has 2 aromatic rings. The van der Waals surface area contributed by atoms with Gasteiger partial charge in [0.1, 0.15) is 0 Å². The minimum atomic E-state index is 0.729. The highest BCUT2D eigenvalue weighted by Crippen LogP contribution is 2.16. The molecule has 0 aliphatic rings. The molecule has 0 fully saturated rings. The number of aromatic nitrogens is 2. The van der Waals surface area contributed by atoms with Crippen molar-refractivity contribution in [3.63, 3.8) is 0 Å². The first kappa shape index (κ1) is 9.97. The molecule has 0 atom stereocenters. The maximum atomic E-state index is 5.24. The number of rotatable bonds is 1. The fraction of sp³-hybridized carbons (Fsp3) is 0.222. The summed E-state index contributed by atoms with van der Waals surface area (Å²) in [4.78, 5) is 3.18. The van der Waals surface area contributed by atoms with Gasteiger partial charge in [-0.1, -0.05) is 0 Å². The molecule has 0 aliphatic heterocycles. The number of H-pyrrole nitrogens is 1. The Morgan fingerprint density at radius 2 is 2.14 bits per heavy atom. The van der Waals surface area contributed by atoms with Crippen LogP contribution in [0.5, 0.6) is 0 Å². The third-order valence-corrected chi connectivity index (χ3v) is 2.97. The van der Waals surface area contributed by atoms with Crippen molar-refractivity contribution in [3.8, 4) is 0 Å². The molecule has 1 aromatic carbocycles. The monoisotopic (exact) mass is 319 g/mol. The van der Waals surface area contributed by atoms with Crippen LogP contribution in [-0.4, -0.2) is 23.8 Å². The van der Waals surface area contributed by atoms with Crippen molar-refractivity contribution in [2.45, 2.75) is 0 Å². The Hall–Kier alpha value is -0.560. The number of nitrogens with zero attached hydrogens (tertiary/aromatic N) is 2. The lowest BCUT2D eigenvalue weighted by molar-refractivity contribution is 0.742. The molecule has 0 amide bonds. The first-order valence-corrected chi connectivity index (χ1v) is 5.66. The van der Waals surface area contributed by atoms with Crippen molar-refractivity contribution in [1.29, 1.82) is 0 Å². The molecule has 14 heavy (non-hydrogen) atoms. The Labute approximate surface area is 101 Å². The lowest BCUT2D eigenvalue weighted by Crippen LogP contribution is -2.24. The zero-order valence-electron chi connectivity index (χ0n) is 7.91. The Kier molecular flexibility index (Phi) is 2.52. The van der Waals surface area contributed by atoms with E-state index in [9.17, 15) is 0 Å². The van der Waals surface area contributed by atoms with Gasteiger partial charge in [-0.25, -0.2) is 4.68 Å². The molecule has 0 aliphatic carbocycles. The standard InChI is InChI=1S/C9H10IN3S/c1-12(2)13-8-4-3-6(10)5-7(8)11-9(13)14/h3-5H,1-2H3,(H,11,14). The number of imidazole rings is 1. The van der Waals surface area contributed by atoms with Gasteiger partial charge in [0.05, 0.1) is 11.0 Å². The van der Waals surface area contributed by atoms with Crippen LogP contribution in [0, 0.1) is 8.34 Å². The summed E-state index contributed by atoms with van der Waals surface area (Å²) in [6.07, 6.45) is 0. The molecule has 1 N–H and O–H groups in total. The molecule has 0 spiro atoms. The van der Waals surface area contributed by atoms with Crippen LogP contribution >= 0.6 is 34.8 Å². The van der Waals surface area contributed by atoms with Crippen molar-refractivity contribution in [1.82, 2.24) is 9.66 Å². The van der Waals surface area contributed by atoms with Crippen LogP contribution in [0.4, 0.5) is 0 Å². The number of benzene rings is 1. The van der Waals surface area contributed by atoms with E-state index >= 15 is 0 Å². The van der Waals surface area contributed by atoms with Gasteiger partial charge in [-0.15, -0.1) is 0 Å². The third-order valence-electron chi connectivity index (χ3n) is 2.02. The number of aromatic amines is 1. The quantitative estimate of drug-likeness (QED) is 0.645. The summed E-state index contributed by atoms with van der Waals surface area (Å²) in [6.45, 7) is 0. The predicted molar refractivity (Wildman–Crippen MR) is 69.9 cm³/mol. The van der Waals surface area contributed by atoms with Gasteiger partial charge >= 0.3 is 0 Å². The Balaban J connectivity index is 2.84. The highest BCUT2D eigenvalue weighted by atomic mass is 127. The van der Waals surface area contributed by atoms with Gasteiger partial charge in [-0.3, -0.25) is 0 Å². The van der Waals surface area contributed by atoms with Crippen LogP contribution in [0.2, 0.25) is 0 Å². The Bertz CT molecular complexity index is 526. The van der Waals surface area contributed by atoms with E-state index in [0.29, 0.717) is 0 Å². The molecule has 74 valence electrons. The predicted octanol–water partition coefficient (Wildman–Crippen LogP) is 2.50. The van der Waals surface area contributed by atoms with Gasteiger partial charge in [0, 0.05) is 17.7 Å². The van der Waals surface area contributed by atoms with Gasteiger partial charge < -0.3 is 9.99 Å². The summed E-state index contributed by atoms with van der Waals surface area (Å²) in [5.74, 6) is 0. The first-order valence-electron chi connectivity index (χ1n) is 4.17. The van der Waals surface area contributed by atoms with Crippen molar-refractivity contribution in [2.75, 3.05) is 19.1 Å². The number of fused-ring (bicyclic) bond motifs is 1. The molecule has 0 unspecified atom stereocenters. The average molecular weight is 319 g/mol. The zero-order chi connectivity index (χ0) is 10.3. The Morgan fingerprint density at radius 3 is 2.79 bits per heavy atom. The minimum Gasteiger partial charge on any atom is -0.329 e. The molecular formula is C9H10IN3S. The molecule has 0 bridgehead atoms. The lowest BCUT2D eigenvalue weighted by atomic mass is 10.3. The topological polar surface area (TPSA) is 24.0 Å². The summed E-state index contributed by atoms with van der Waals surface area (Å²) in [5, 5.41) is 1.97. The van der Waals surface area contributed by atoms with Crippen molar-refractivity contribution in [2.24, 2.45) is 0 Å². The van der Waals surface area contributed by atoms with E-state index < -0.39 is 0 Å². The second-order valence-corrected chi connectivity index (χ2v) is 4.88. The SMILES string of the molecule is CN(C)n1c(=S)[nH]c2cc(I)ccc21. The van der Waals surface area contributed by atoms with Crippen molar-refractivity contribution in [3.05, 3.63) is 26.5 Å². The van der Waals surface area contributed by atoms with Gasteiger partial charge in [-0.05, 0) is 53.0 Å². The second-order valence-electron chi connectivity index (χ2n) is 3.25. The second kappa shape index (κ2) is 3.54. The van der Waals surface area contributed by atoms with Gasteiger partial charge in [0.25, 0.3) is 0 Å². The first-order chi connectivity index (χ1) is 6.59. The van der Waals surface area contributed by atoms with Crippen LogP contribution in [0.15, 0.2) is 18.2 Å². The normalized spacial score (nSPS) is 10.8. The molecule has 5 heteroatoms. The van der Waals surface area contributed by atoms with Gasteiger partial charge in [-0.2, -0.15) is 0 Å². The van der Waals surface area contributed by atoms with Crippen molar-refractivity contribution >= 4 is 45.8 Å². The molecule has 1 heterocycles. The van der Waals surface area contributed by atoms with Gasteiger partial charge in [0.15, 0.2) is 4.77 Å². The minimum absolute atomic E-state index is 0.729. The largest absolute Gasteiger partial charge is 0.329 e. The summed E-state index contributed by atoms with van der Waals surface area (Å²) < 4.78 is 3.91. The number of nitrogens with one attached hydrogen (secondary N) is 1. The van der Waals surface area contributed by atoms with E-state index in [-0.39, 0.29) is 0 Å². The summed E-state index contributed by atoms with van der Waals surface area (Å²) in [7, 11) is 3.95. The summed E-state index contributed by atoms with van der Waals surface area (Å²) in [5.41, 5.74) is 2.19. The maximum Gasteiger partial charge on any atom is 0.197 e. The van der Waals surface area contributed by atoms with E-state index in [0.717, 1.165) is 15.8 Å². The molecule has 0 saturated heterocycles. The van der Waals surface area contributed by atoms with Gasteiger partial charge in [0.2, 0.25) is 0 Å². The third kappa shape index (κ3) is 1.54. The van der Waals surface area contributed by atoms with E-state index in [2.05, 4.69) is 45.8 Å². The molecular weight excluding hydrogens is 309 g/mol. The van der Waals surface area contributed by atoms with E-state index in [1.807, 2.05) is 23.8 Å². The number of hydrogen-bond acceptors (Lipinski definition) is 2. The molecule has 0 radical (unpaired) electrons. The highest BCUT2D eigenvalue weighted by molar-refractivity contribution is 14.1. The fourth-order valence-corrected chi connectivity index (χ4v) is 2.33. The van der Waals surface area contributed by atoms with Crippen LogP contribution < -0.4 is 5.01 Å². The molecule has 1 aromatic heterocycles. The number of hydrogen-bond donors (Lipinski definition) is 1. The Morgan fingerprint density at radius 1 is 1.43 bits per heavy atom. The maximum absolute atomic E-state index is 5.24. The van der Waals surface area contributed by atoms with E-state index in [1.165, 1.54) is 3.57 Å². The molecule has 0 saturated carbocycles. The van der Waals surface area contributed by atoms with Crippen LogP contribution in [0.25, 0.3) is 11.0 Å². The fourth-order valence-electron chi connectivity index (χ4n) is 1.47. The smallest absolute Gasteiger partial charge is 0.197 e. The summed E-state index contributed by atoms with van der Waals surface area (Å²) in [6, 6.07) is 6.24.